The Balaban J connectivity index is 4.94. The first kappa shape index (κ1) is 11.9. The minimum atomic E-state index is -0.892. The van der Waals surface area contributed by atoms with Gasteiger partial charge in [0.1, 0.15) is 6.17 Å². The summed E-state index contributed by atoms with van der Waals surface area (Å²) in [6, 6.07) is 0. The van der Waals surface area contributed by atoms with Crippen molar-refractivity contribution in [1.29, 1.82) is 0 Å². The van der Waals surface area contributed by atoms with E-state index in [1.165, 1.54) is 0 Å². The van der Waals surface area contributed by atoms with Gasteiger partial charge in [0.2, 0.25) is 0 Å². The van der Waals surface area contributed by atoms with Gasteiger partial charge >= 0.3 is 0 Å². The molecule has 0 aliphatic heterocycles. The number of halogens is 2. The summed E-state index contributed by atoms with van der Waals surface area (Å²) >= 11 is 3.29. The molecule has 12 heavy (non-hydrogen) atoms. The molecule has 0 heterocycles. The Morgan fingerprint density at radius 1 is 1.33 bits per heavy atom. The average Bonchev–Trinajstić information content (AvgIpc) is 1.85. The van der Waals surface area contributed by atoms with Crippen LogP contribution in [0.1, 0.15) is 27.7 Å². The molecule has 0 aliphatic carbocycles. The lowest BCUT2D eigenvalue weighted by molar-refractivity contribution is 0.406. The van der Waals surface area contributed by atoms with E-state index in [0.29, 0.717) is 5.92 Å². The van der Waals surface area contributed by atoms with Crippen LogP contribution >= 0.6 is 15.9 Å². The molecule has 0 radical (unpaired) electrons. The van der Waals surface area contributed by atoms with E-state index in [9.17, 15) is 4.39 Å². The third-order valence-corrected chi connectivity index (χ3v) is 2.32. The summed E-state index contributed by atoms with van der Waals surface area (Å²) < 4.78 is 13.7. The number of hydrogen-bond acceptors (Lipinski definition) is 0. The Bertz CT molecular complexity index is 202. The van der Waals surface area contributed by atoms with Crippen LogP contribution in [-0.2, 0) is 0 Å². The quantitative estimate of drug-likeness (QED) is 0.642. The van der Waals surface area contributed by atoms with Crippen LogP contribution in [0.15, 0.2) is 22.2 Å². The molecule has 0 fully saturated rings. The molecule has 0 N–H and O–H groups in total. The van der Waals surface area contributed by atoms with E-state index in [1.54, 1.807) is 6.92 Å². The van der Waals surface area contributed by atoms with E-state index in [4.69, 9.17) is 0 Å². The Hall–Kier alpha value is -0.110. The Morgan fingerprint density at radius 3 is 1.83 bits per heavy atom. The fourth-order valence-corrected chi connectivity index (χ4v) is 1.97. The van der Waals surface area contributed by atoms with Gasteiger partial charge in [-0.2, -0.15) is 0 Å². The predicted molar refractivity (Wildman–Crippen MR) is 56.2 cm³/mol. The molecule has 0 saturated carbocycles. The first-order valence-corrected chi connectivity index (χ1v) is 4.86. The highest BCUT2D eigenvalue weighted by molar-refractivity contribution is 9.11. The van der Waals surface area contributed by atoms with Crippen molar-refractivity contribution >= 4 is 15.9 Å². The van der Waals surface area contributed by atoms with Crippen molar-refractivity contribution in [2.75, 3.05) is 0 Å². The number of alkyl halides is 1. The molecule has 2 heteroatoms. The molecule has 0 nitrogen and oxygen atoms in total. The van der Waals surface area contributed by atoms with E-state index >= 15 is 0 Å². The third kappa shape index (κ3) is 3.10. The molecule has 0 spiro atoms. The van der Waals surface area contributed by atoms with Crippen molar-refractivity contribution < 1.29 is 4.39 Å². The Morgan fingerprint density at radius 2 is 1.75 bits per heavy atom. The maximum absolute atomic E-state index is 12.9. The minimum absolute atomic E-state index is 0.315. The maximum atomic E-state index is 12.9. The predicted octanol–water partition coefficient (Wildman–Crippen LogP) is 4.23. The molecule has 0 amide bonds. The van der Waals surface area contributed by atoms with Gasteiger partial charge in [-0.05, 0) is 30.9 Å². The van der Waals surface area contributed by atoms with Gasteiger partial charge in [-0.15, -0.1) is 0 Å². The van der Waals surface area contributed by atoms with Crippen LogP contribution in [0.2, 0.25) is 0 Å². The largest absolute Gasteiger partial charge is 0.243 e. The smallest absolute Gasteiger partial charge is 0.119 e. The van der Waals surface area contributed by atoms with E-state index in [0.717, 1.165) is 15.6 Å². The fraction of sp³-hybridized carbons (Fsp3) is 0.600. The highest BCUT2D eigenvalue weighted by atomic mass is 79.9. The first-order valence-electron chi connectivity index (χ1n) is 4.07. The van der Waals surface area contributed by atoms with Crippen LogP contribution in [0.25, 0.3) is 0 Å². The molecule has 0 aromatic rings. The maximum Gasteiger partial charge on any atom is 0.119 e. The summed E-state index contributed by atoms with van der Waals surface area (Å²) in [4.78, 5) is 0. The fourth-order valence-electron chi connectivity index (χ4n) is 1.20. The SMILES string of the molecule is C=C(Br)/C(=C(/C)C(C)F)C(C)C. The van der Waals surface area contributed by atoms with Crippen molar-refractivity contribution in [3.05, 3.63) is 22.2 Å². The first-order chi connectivity index (χ1) is 5.37. The second-order valence-electron chi connectivity index (χ2n) is 3.27. The van der Waals surface area contributed by atoms with Crippen LogP contribution in [0.3, 0.4) is 0 Å². The summed E-state index contributed by atoms with van der Waals surface area (Å²) in [6.07, 6.45) is -0.892. The van der Waals surface area contributed by atoms with E-state index in [1.807, 2.05) is 20.8 Å². The second-order valence-corrected chi connectivity index (χ2v) is 4.23. The van der Waals surface area contributed by atoms with E-state index in [2.05, 4.69) is 22.5 Å². The normalized spacial score (nSPS) is 15.9. The summed E-state index contributed by atoms with van der Waals surface area (Å²) in [5, 5.41) is 0. The van der Waals surface area contributed by atoms with Gasteiger partial charge < -0.3 is 0 Å². The summed E-state index contributed by atoms with van der Waals surface area (Å²) in [7, 11) is 0. The molecule has 0 saturated heterocycles. The lowest BCUT2D eigenvalue weighted by atomic mass is 9.96. The topological polar surface area (TPSA) is 0 Å². The molecule has 0 aromatic heterocycles. The molecule has 1 unspecified atom stereocenters. The molecular formula is C10H16BrF. The number of hydrogen-bond donors (Lipinski definition) is 0. The van der Waals surface area contributed by atoms with Crippen LogP contribution in [-0.4, -0.2) is 6.17 Å². The molecule has 0 aliphatic rings. The van der Waals surface area contributed by atoms with Crippen LogP contribution in [0.4, 0.5) is 4.39 Å². The van der Waals surface area contributed by atoms with Crippen LogP contribution in [0, 0.1) is 5.92 Å². The molecule has 0 aromatic carbocycles. The summed E-state index contributed by atoms with van der Waals surface area (Å²) in [5.41, 5.74) is 1.76. The standard InChI is InChI=1S/C10H16BrF/c1-6(2)10(8(4)11)7(3)9(5)12/h6,9H,4H2,1-3,5H3/b10-7-. The minimum Gasteiger partial charge on any atom is -0.243 e. The van der Waals surface area contributed by atoms with Gasteiger partial charge in [-0.25, -0.2) is 4.39 Å². The zero-order valence-corrected chi connectivity index (χ0v) is 9.70. The van der Waals surface area contributed by atoms with Crippen LogP contribution in [0.5, 0.6) is 0 Å². The van der Waals surface area contributed by atoms with Gasteiger partial charge in [0.15, 0.2) is 0 Å². The van der Waals surface area contributed by atoms with Crippen molar-refractivity contribution in [3.63, 3.8) is 0 Å². The van der Waals surface area contributed by atoms with E-state index < -0.39 is 6.17 Å². The van der Waals surface area contributed by atoms with Gasteiger partial charge in [0.05, 0.1) is 0 Å². The van der Waals surface area contributed by atoms with Gasteiger partial charge in [0, 0.05) is 4.48 Å². The highest BCUT2D eigenvalue weighted by Crippen LogP contribution is 2.28. The molecule has 0 bridgehead atoms. The van der Waals surface area contributed by atoms with Crippen molar-refractivity contribution in [1.82, 2.24) is 0 Å². The molecule has 70 valence electrons. The van der Waals surface area contributed by atoms with Gasteiger partial charge in [-0.3, -0.25) is 0 Å². The molecule has 0 rings (SSSR count). The zero-order valence-electron chi connectivity index (χ0n) is 8.12. The highest BCUT2D eigenvalue weighted by Gasteiger charge is 2.13. The van der Waals surface area contributed by atoms with Gasteiger partial charge in [0.25, 0.3) is 0 Å². The number of rotatable bonds is 3. The summed E-state index contributed by atoms with van der Waals surface area (Å²) in [5.74, 6) is 0.315. The van der Waals surface area contributed by atoms with Crippen molar-refractivity contribution in [2.24, 2.45) is 5.92 Å². The lowest BCUT2D eigenvalue weighted by Crippen LogP contribution is -2.04. The lowest BCUT2D eigenvalue weighted by Gasteiger charge is -2.15. The Kier molecular flexibility index (Phi) is 4.76. The van der Waals surface area contributed by atoms with Crippen LogP contribution < -0.4 is 0 Å². The molecule has 1 atom stereocenters. The third-order valence-electron chi connectivity index (χ3n) is 1.89. The van der Waals surface area contributed by atoms with Gasteiger partial charge in [-0.1, -0.05) is 36.4 Å². The second kappa shape index (κ2) is 4.80. The summed E-state index contributed by atoms with van der Waals surface area (Å²) in [6.45, 7) is 11.2. The Labute approximate surface area is 82.7 Å². The van der Waals surface area contributed by atoms with Crippen molar-refractivity contribution in [2.45, 2.75) is 33.9 Å². The number of allylic oxidation sites excluding steroid dienone is 3. The van der Waals surface area contributed by atoms with E-state index in [-0.39, 0.29) is 0 Å². The molecular weight excluding hydrogens is 219 g/mol. The monoisotopic (exact) mass is 234 g/mol. The zero-order chi connectivity index (χ0) is 9.89. The van der Waals surface area contributed by atoms with Crippen molar-refractivity contribution in [3.8, 4) is 0 Å². The average molecular weight is 235 g/mol.